The van der Waals surface area contributed by atoms with E-state index in [0.717, 1.165) is 18.0 Å². The molecule has 116 valence electrons. The predicted octanol–water partition coefficient (Wildman–Crippen LogP) is 2.32. The molecular weight excluding hydrogens is 246 g/mol. The summed E-state index contributed by atoms with van der Waals surface area (Å²) >= 11 is 0. The van der Waals surface area contributed by atoms with Crippen molar-refractivity contribution >= 4 is 0 Å². The zero-order chi connectivity index (χ0) is 13.8. The molecule has 0 radical (unpaired) electrons. The smallest absolute Gasteiger partial charge is 0.0223 e. The van der Waals surface area contributed by atoms with Gasteiger partial charge in [-0.1, -0.05) is 19.3 Å². The number of hydrogen-bond acceptors (Lipinski definition) is 3. The highest BCUT2D eigenvalue weighted by Crippen LogP contribution is 2.26. The van der Waals surface area contributed by atoms with Crippen LogP contribution in [0.4, 0.5) is 0 Å². The van der Waals surface area contributed by atoms with Gasteiger partial charge >= 0.3 is 0 Å². The zero-order valence-corrected chi connectivity index (χ0v) is 13.3. The fourth-order valence-corrected chi connectivity index (χ4v) is 4.76. The zero-order valence-electron chi connectivity index (χ0n) is 13.3. The van der Waals surface area contributed by atoms with E-state index < -0.39 is 0 Å². The summed E-state index contributed by atoms with van der Waals surface area (Å²) in [5.74, 6) is 0.885. The van der Waals surface area contributed by atoms with Crippen molar-refractivity contribution in [3.05, 3.63) is 0 Å². The Morgan fingerprint density at radius 2 is 1.75 bits per heavy atom. The first-order valence-electron chi connectivity index (χ1n) is 9.00. The number of fused-ring (bicyclic) bond motifs is 1. The Morgan fingerprint density at radius 3 is 2.65 bits per heavy atom. The van der Waals surface area contributed by atoms with Crippen molar-refractivity contribution in [2.75, 3.05) is 39.8 Å². The van der Waals surface area contributed by atoms with E-state index in [1.165, 1.54) is 84.1 Å². The molecule has 3 atom stereocenters. The monoisotopic (exact) mass is 279 g/mol. The molecule has 3 fully saturated rings. The summed E-state index contributed by atoms with van der Waals surface area (Å²) in [4.78, 5) is 5.55. The molecule has 1 aliphatic carbocycles. The number of nitrogens with zero attached hydrogens (tertiary/aromatic N) is 2. The van der Waals surface area contributed by atoms with Crippen molar-refractivity contribution in [1.82, 2.24) is 15.1 Å². The molecule has 0 bridgehead atoms. The topological polar surface area (TPSA) is 18.5 Å². The molecule has 2 saturated heterocycles. The van der Waals surface area contributed by atoms with Crippen molar-refractivity contribution in [2.24, 2.45) is 5.92 Å². The molecule has 1 N–H and O–H groups in total. The summed E-state index contributed by atoms with van der Waals surface area (Å²) in [5.41, 5.74) is 0. The van der Waals surface area contributed by atoms with Gasteiger partial charge in [0.2, 0.25) is 0 Å². The van der Waals surface area contributed by atoms with E-state index in [0.29, 0.717) is 0 Å². The third-order valence-electron chi connectivity index (χ3n) is 5.91. The normalized spacial score (nSPS) is 37.4. The summed E-state index contributed by atoms with van der Waals surface area (Å²) in [5, 5.41) is 3.61. The number of rotatable bonds is 3. The quantitative estimate of drug-likeness (QED) is 0.800. The lowest BCUT2D eigenvalue weighted by Crippen LogP contribution is -2.43. The molecule has 0 aromatic carbocycles. The van der Waals surface area contributed by atoms with E-state index in [-0.39, 0.29) is 0 Å². The Balaban J connectivity index is 1.57. The molecule has 0 amide bonds. The van der Waals surface area contributed by atoms with E-state index in [1.54, 1.807) is 0 Å². The second-order valence-corrected chi connectivity index (χ2v) is 7.24. The Morgan fingerprint density at radius 1 is 0.900 bits per heavy atom. The SMILES string of the molecule is CNC1CCCCCC1CN1CCCN2CCCC2C1. The maximum Gasteiger partial charge on any atom is 0.0223 e. The molecule has 3 heteroatoms. The van der Waals surface area contributed by atoms with Gasteiger partial charge in [0.1, 0.15) is 0 Å². The first kappa shape index (κ1) is 14.8. The average Bonchev–Trinajstić information content (AvgIpc) is 2.67. The molecule has 0 aromatic rings. The lowest BCUT2D eigenvalue weighted by Gasteiger charge is -2.32. The summed E-state index contributed by atoms with van der Waals surface area (Å²) < 4.78 is 0. The van der Waals surface area contributed by atoms with Crippen LogP contribution in [-0.4, -0.2) is 61.7 Å². The second-order valence-electron chi connectivity index (χ2n) is 7.24. The molecule has 2 aliphatic heterocycles. The van der Waals surface area contributed by atoms with Gasteiger partial charge in [-0.2, -0.15) is 0 Å². The van der Waals surface area contributed by atoms with Gasteiger partial charge in [-0.25, -0.2) is 0 Å². The minimum atomic E-state index is 0.764. The molecule has 3 nitrogen and oxygen atoms in total. The Kier molecular flexibility index (Phi) is 5.36. The van der Waals surface area contributed by atoms with Crippen molar-refractivity contribution < 1.29 is 0 Å². The molecular formula is C17H33N3. The van der Waals surface area contributed by atoms with Crippen LogP contribution >= 0.6 is 0 Å². The van der Waals surface area contributed by atoms with Gasteiger partial charge in [0, 0.05) is 25.2 Å². The van der Waals surface area contributed by atoms with E-state index in [2.05, 4.69) is 22.2 Å². The molecule has 0 aromatic heterocycles. The van der Waals surface area contributed by atoms with Crippen LogP contribution < -0.4 is 5.32 Å². The van der Waals surface area contributed by atoms with Gasteiger partial charge in [-0.3, -0.25) is 4.90 Å². The van der Waals surface area contributed by atoms with Gasteiger partial charge in [-0.05, 0) is 64.7 Å². The van der Waals surface area contributed by atoms with Crippen molar-refractivity contribution in [1.29, 1.82) is 0 Å². The summed E-state index contributed by atoms with van der Waals surface area (Å²) in [7, 11) is 2.17. The summed E-state index contributed by atoms with van der Waals surface area (Å²) in [6.45, 7) is 6.73. The summed E-state index contributed by atoms with van der Waals surface area (Å²) in [6, 6.07) is 1.64. The fraction of sp³-hybridized carbons (Fsp3) is 1.00. The van der Waals surface area contributed by atoms with Crippen LogP contribution in [0.2, 0.25) is 0 Å². The maximum absolute atomic E-state index is 3.61. The molecule has 0 spiro atoms. The lowest BCUT2D eigenvalue weighted by atomic mass is 9.94. The molecule has 3 unspecified atom stereocenters. The van der Waals surface area contributed by atoms with Crippen molar-refractivity contribution in [3.63, 3.8) is 0 Å². The Bertz CT molecular complexity index is 294. The van der Waals surface area contributed by atoms with Crippen LogP contribution in [0.1, 0.15) is 51.4 Å². The van der Waals surface area contributed by atoms with Gasteiger partial charge in [0.05, 0.1) is 0 Å². The van der Waals surface area contributed by atoms with Crippen LogP contribution in [0.15, 0.2) is 0 Å². The standard InChI is InChI=1S/C17H33N3/c1-18-17-9-4-2-3-7-15(17)13-19-10-6-12-20-11-5-8-16(20)14-19/h15-18H,2-14H2,1H3. The first-order chi connectivity index (χ1) is 9.86. The van der Waals surface area contributed by atoms with E-state index >= 15 is 0 Å². The van der Waals surface area contributed by atoms with Crippen molar-refractivity contribution in [2.45, 2.75) is 63.5 Å². The number of hydrogen-bond donors (Lipinski definition) is 1. The summed E-state index contributed by atoms with van der Waals surface area (Å²) in [6.07, 6.45) is 11.4. The second kappa shape index (κ2) is 7.24. The lowest BCUT2D eigenvalue weighted by molar-refractivity contribution is 0.177. The van der Waals surface area contributed by atoms with E-state index in [1.807, 2.05) is 0 Å². The molecule has 1 saturated carbocycles. The third-order valence-corrected chi connectivity index (χ3v) is 5.91. The van der Waals surface area contributed by atoms with Crippen LogP contribution in [0.5, 0.6) is 0 Å². The largest absolute Gasteiger partial charge is 0.317 e. The highest BCUT2D eigenvalue weighted by molar-refractivity contribution is 4.87. The van der Waals surface area contributed by atoms with Crippen LogP contribution in [0, 0.1) is 5.92 Å². The van der Waals surface area contributed by atoms with Crippen LogP contribution in [0.3, 0.4) is 0 Å². The Labute approximate surface area is 125 Å². The molecule has 20 heavy (non-hydrogen) atoms. The highest BCUT2D eigenvalue weighted by Gasteiger charge is 2.31. The molecule has 3 aliphatic rings. The minimum Gasteiger partial charge on any atom is -0.317 e. The predicted molar refractivity (Wildman–Crippen MR) is 85.1 cm³/mol. The maximum atomic E-state index is 3.61. The third kappa shape index (κ3) is 3.55. The molecule has 3 rings (SSSR count). The van der Waals surface area contributed by atoms with Gasteiger partial charge < -0.3 is 10.2 Å². The van der Waals surface area contributed by atoms with Crippen LogP contribution in [0.25, 0.3) is 0 Å². The van der Waals surface area contributed by atoms with E-state index in [4.69, 9.17) is 0 Å². The van der Waals surface area contributed by atoms with Gasteiger partial charge in [0.15, 0.2) is 0 Å². The van der Waals surface area contributed by atoms with E-state index in [9.17, 15) is 0 Å². The Hall–Kier alpha value is -0.120. The average molecular weight is 279 g/mol. The van der Waals surface area contributed by atoms with Gasteiger partial charge in [0.25, 0.3) is 0 Å². The first-order valence-corrected chi connectivity index (χ1v) is 9.00. The minimum absolute atomic E-state index is 0.764. The van der Waals surface area contributed by atoms with Crippen LogP contribution in [-0.2, 0) is 0 Å². The van der Waals surface area contributed by atoms with Gasteiger partial charge in [-0.15, -0.1) is 0 Å². The fourth-order valence-electron chi connectivity index (χ4n) is 4.76. The van der Waals surface area contributed by atoms with Crippen molar-refractivity contribution in [3.8, 4) is 0 Å². The molecule has 2 heterocycles. The highest BCUT2D eigenvalue weighted by atomic mass is 15.3. The number of nitrogens with one attached hydrogen (secondary N) is 1.